The van der Waals surface area contributed by atoms with Crippen LogP contribution in [0.2, 0.25) is 0 Å². The quantitative estimate of drug-likeness (QED) is 0.858. The van der Waals surface area contributed by atoms with Crippen molar-refractivity contribution in [2.75, 3.05) is 11.9 Å². The van der Waals surface area contributed by atoms with Crippen LogP contribution in [-0.2, 0) is 20.0 Å². The summed E-state index contributed by atoms with van der Waals surface area (Å²) in [6, 6.07) is 0.127. The maximum atomic E-state index is 5.75. The Kier molecular flexibility index (Phi) is 4.11. The zero-order valence-electron chi connectivity index (χ0n) is 11.6. The summed E-state index contributed by atoms with van der Waals surface area (Å²) in [6.45, 7) is 2.71. The molecule has 0 saturated carbocycles. The molecule has 0 aliphatic rings. The molecule has 6 heteroatoms. The summed E-state index contributed by atoms with van der Waals surface area (Å²) < 4.78 is 1.79. The van der Waals surface area contributed by atoms with E-state index in [0.29, 0.717) is 5.95 Å². The normalized spacial score (nSPS) is 12.4. The largest absolute Gasteiger partial charge is 0.339 e. The number of rotatable bonds is 5. The smallest absolute Gasteiger partial charge is 0.225 e. The number of anilines is 1. The molecule has 2 aromatic rings. The zero-order chi connectivity index (χ0) is 13.8. The molecule has 0 aromatic carbocycles. The van der Waals surface area contributed by atoms with Crippen molar-refractivity contribution in [2.45, 2.75) is 25.9 Å². The van der Waals surface area contributed by atoms with Crippen molar-refractivity contribution in [2.24, 2.45) is 12.8 Å². The number of nitrogens with two attached hydrogens (primary N) is 1. The fourth-order valence-corrected chi connectivity index (χ4v) is 1.92. The summed E-state index contributed by atoms with van der Waals surface area (Å²) in [5, 5.41) is 4.15. The minimum atomic E-state index is 0.127. The van der Waals surface area contributed by atoms with Gasteiger partial charge >= 0.3 is 0 Å². The molecular weight excluding hydrogens is 240 g/mol. The molecule has 1 atom stereocenters. The highest BCUT2D eigenvalue weighted by Gasteiger charge is 2.07. The van der Waals surface area contributed by atoms with Gasteiger partial charge in [-0.1, -0.05) is 0 Å². The minimum Gasteiger partial charge on any atom is -0.339 e. The molecule has 0 saturated heterocycles. The summed E-state index contributed by atoms with van der Waals surface area (Å²) in [5.41, 5.74) is 7.95. The lowest BCUT2D eigenvalue weighted by molar-refractivity contribution is 0.730. The lowest BCUT2D eigenvalue weighted by Gasteiger charge is -2.16. The first-order valence-electron chi connectivity index (χ1n) is 6.30. The highest BCUT2D eigenvalue weighted by Crippen LogP contribution is 2.10. The number of nitrogens with zero attached hydrogens (tertiary/aromatic N) is 5. The Hall–Kier alpha value is -1.95. The van der Waals surface area contributed by atoms with Crippen LogP contribution in [0.3, 0.4) is 0 Å². The second kappa shape index (κ2) is 5.79. The highest BCUT2D eigenvalue weighted by molar-refractivity contribution is 5.30. The first-order chi connectivity index (χ1) is 9.04. The van der Waals surface area contributed by atoms with Crippen LogP contribution >= 0.6 is 0 Å². The van der Waals surface area contributed by atoms with E-state index in [1.54, 1.807) is 4.68 Å². The van der Waals surface area contributed by atoms with Crippen molar-refractivity contribution in [3.8, 4) is 0 Å². The minimum absolute atomic E-state index is 0.127. The van der Waals surface area contributed by atoms with Crippen molar-refractivity contribution in [1.82, 2.24) is 19.7 Å². The van der Waals surface area contributed by atoms with Gasteiger partial charge in [-0.25, -0.2) is 9.97 Å². The van der Waals surface area contributed by atoms with Crippen molar-refractivity contribution >= 4 is 5.95 Å². The number of aromatic nitrogens is 4. The number of hydrogen-bond acceptors (Lipinski definition) is 5. The van der Waals surface area contributed by atoms with E-state index in [1.165, 1.54) is 0 Å². The molecule has 0 spiro atoms. The van der Waals surface area contributed by atoms with Gasteiger partial charge in [0.05, 0.1) is 6.20 Å². The third kappa shape index (κ3) is 3.75. The molecule has 1 unspecified atom stereocenters. The molecule has 2 aromatic heterocycles. The fraction of sp³-hybridized carbons (Fsp3) is 0.462. The van der Waals surface area contributed by atoms with Crippen LogP contribution in [0.15, 0.2) is 24.8 Å². The molecule has 2 rings (SSSR count). The lowest BCUT2D eigenvalue weighted by Crippen LogP contribution is -2.20. The molecule has 0 amide bonds. The van der Waals surface area contributed by atoms with Gasteiger partial charge < -0.3 is 10.6 Å². The zero-order valence-corrected chi connectivity index (χ0v) is 11.6. The van der Waals surface area contributed by atoms with Gasteiger partial charge in [0.1, 0.15) is 0 Å². The molecule has 2 heterocycles. The topological polar surface area (TPSA) is 72.9 Å². The Morgan fingerprint density at radius 1 is 1.26 bits per heavy atom. The van der Waals surface area contributed by atoms with E-state index in [0.717, 1.165) is 24.1 Å². The second-order valence-electron chi connectivity index (χ2n) is 4.95. The van der Waals surface area contributed by atoms with Gasteiger partial charge in [-0.15, -0.1) is 0 Å². The Balaban J connectivity index is 2.01. The average molecular weight is 260 g/mol. The Bertz CT molecular complexity index is 516. The van der Waals surface area contributed by atoms with Crippen molar-refractivity contribution in [3.05, 3.63) is 35.9 Å². The number of hydrogen-bond donors (Lipinski definition) is 1. The number of aryl methyl sites for hydroxylation is 1. The maximum Gasteiger partial charge on any atom is 0.225 e. The SMILES string of the molecule is CC(N)Cc1cnc(N(C)Cc2cnn(C)c2)nc1. The van der Waals surface area contributed by atoms with Gasteiger partial charge in [0.15, 0.2) is 0 Å². The fourth-order valence-electron chi connectivity index (χ4n) is 1.92. The van der Waals surface area contributed by atoms with Crippen LogP contribution < -0.4 is 10.6 Å². The molecular formula is C13H20N6. The van der Waals surface area contributed by atoms with Gasteiger partial charge in [0.25, 0.3) is 0 Å². The molecule has 0 radical (unpaired) electrons. The molecule has 0 fully saturated rings. The highest BCUT2D eigenvalue weighted by atomic mass is 15.3. The molecule has 0 aliphatic carbocycles. The average Bonchev–Trinajstić information content (AvgIpc) is 2.75. The van der Waals surface area contributed by atoms with Crippen LogP contribution in [0.5, 0.6) is 0 Å². The van der Waals surface area contributed by atoms with Gasteiger partial charge in [-0.3, -0.25) is 4.68 Å². The van der Waals surface area contributed by atoms with Crippen LogP contribution in [0.4, 0.5) is 5.95 Å². The monoisotopic (exact) mass is 260 g/mol. The van der Waals surface area contributed by atoms with E-state index in [1.807, 2.05) is 50.7 Å². The van der Waals surface area contributed by atoms with E-state index in [-0.39, 0.29) is 6.04 Å². The summed E-state index contributed by atoms with van der Waals surface area (Å²) in [7, 11) is 3.87. The predicted molar refractivity (Wildman–Crippen MR) is 74.7 cm³/mol. The standard InChI is InChI=1S/C13H20N6/c1-10(14)4-11-5-15-13(16-6-11)18(2)8-12-7-17-19(3)9-12/h5-7,9-10H,4,8,14H2,1-3H3. The molecule has 2 N–H and O–H groups in total. The molecule has 19 heavy (non-hydrogen) atoms. The summed E-state index contributed by atoms with van der Waals surface area (Å²) in [4.78, 5) is 10.7. The second-order valence-corrected chi connectivity index (χ2v) is 4.95. The third-order valence-electron chi connectivity index (χ3n) is 2.77. The van der Waals surface area contributed by atoms with Gasteiger partial charge in [-0.05, 0) is 18.9 Å². The maximum absolute atomic E-state index is 5.75. The summed E-state index contributed by atoms with van der Waals surface area (Å²) in [5.74, 6) is 0.706. The molecule has 6 nitrogen and oxygen atoms in total. The summed E-state index contributed by atoms with van der Waals surface area (Å²) in [6.07, 6.45) is 8.31. The summed E-state index contributed by atoms with van der Waals surface area (Å²) >= 11 is 0. The van der Waals surface area contributed by atoms with Crippen LogP contribution in [0.1, 0.15) is 18.1 Å². The molecule has 102 valence electrons. The third-order valence-corrected chi connectivity index (χ3v) is 2.77. The van der Waals surface area contributed by atoms with Crippen molar-refractivity contribution in [1.29, 1.82) is 0 Å². The van der Waals surface area contributed by atoms with E-state index in [2.05, 4.69) is 15.1 Å². The molecule has 0 bridgehead atoms. The van der Waals surface area contributed by atoms with Crippen molar-refractivity contribution in [3.63, 3.8) is 0 Å². The van der Waals surface area contributed by atoms with Crippen LogP contribution in [0, 0.1) is 0 Å². The van der Waals surface area contributed by atoms with E-state index >= 15 is 0 Å². The predicted octanol–water partition coefficient (Wildman–Crippen LogP) is 0.736. The van der Waals surface area contributed by atoms with Gasteiger partial charge in [0, 0.05) is 50.8 Å². The Labute approximate surface area is 113 Å². The van der Waals surface area contributed by atoms with E-state index in [9.17, 15) is 0 Å². The first kappa shape index (κ1) is 13.5. The van der Waals surface area contributed by atoms with E-state index < -0.39 is 0 Å². The van der Waals surface area contributed by atoms with Gasteiger partial charge in [-0.2, -0.15) is 5.10 Å². The Morgan fingerprint density at radius 3 is 2.47 bits per heavy atom. The Morgan fingerprint density at radius 2 is 1.95 bits per heavy atom. The van der Waals surface area contributed by atoms with Crippen LogP contribution in [0.25, 0.3) is 0 Å². The van der Waals surface area contributed by atoms with Crippen LogP contribution in [-0.4, -0.2) is 32.8 Å². The molecule has 0 aliphatic heterocycles. The first-order valence-corrected chi connectivity index (χ1v) is 6.30. The lowest BCUT2D eigenvalue weighted by atomic mass is 10.1. The van der Waals surface area contributed by atoms with Crippen molar-refractivity contribution < 1.29 is 0 Å². The van der Waals surface area contributed by atoms with Gasteiger partial charge in [0.2, 0.25) is 5.95 Å². The van der Waals surface area contributed by atoms with E-state index in [4.69, 9.17) is 5.73 Å².